The van der Waals surface area contributed by atoms with Crippen molar-refractivity contribution in [3.63, 3.8) is 0 Å². The SMILES string of the molecule is Cc1cc(CN(Cc2nn(C)cc2Cl)C(=O)C2CCCO2)nn1C. The number of carbonyl (C=O) groups is 1. The molecular formula is C16H22ClN5O2. The number of hydrogen-bond donors (Lipinski definition) is 0. The van der Waals surface area contributed by atoms with Gasteiger partial charge in [0.05, 0.1) is 23.8 Å². The van der Waals surface area contributed by atoms with E-state index in [4.69, 9.17) is 16.3 Å². The Kier molecular flexibility index (Phi) is 4.91. The van der Waals surface area contributed by atoms with Gasteiger partial charge in [-0.15, -0.1) is 0 Å². The van der Waals surface area contributed by atoms with E-state index in [1.165, 1.54) is 0 Å². The molecule has 1 unspecified atom stereocenters. The fourth-order valence-corrected chi connectivity index (χ4v) is 3.13. The highest BCUT2D eigenvalue weighted by Gasteiger charge is 2.29. The summed E-state index contributed by atoms with van der Waals surface area (Å²) in [4.78, 5) is 14.6. The Morgan fingerprint density at radius 2 is 2.21 bits per heavy atom. The highest BCUT2D eigenvalue weighted by Crippen LogP contribution is 2.21. The first kappa shape index (κ1) is 17.0. The number of halogens is 1. The Bertz CT molecular complexity index is 713. The second-order valence-electron chi connectivity index (χ2n) is 6.19. The van der Waals surface area contributed by atoms with Crippen LogP contribution in [-0.4, -0.2) is 43.1 Å². The smallest absolute Gasteiger partial charge is 0.252 e. The highest BCUT2D eigenvalue weighted by atomic mass is 35.5. The third kappa shape index (κ3) is 3.62. The van der Waals surface area contributed by atoms with Gasteiger partial charge in [-0.25, -0.2) is 0 Å². The van der Waals surface area contributed by atoms with Crippen LogP contribution in [0.2, 0.25) is 5.02 Å². The largest absolute Gasteiger partial charge is 0.368 e. The Labute approximate surface area is 146 Å². The van der Waals surface area contributed by atoms with Crippen molar-refractivity contribution in [3.8, 4) is 0 Å². The van der Waals surface area contributed by atoms with E-state index in [2.05, 4.69) is 10.2 Å². The van der Waals surface area contributed by atoms with Crippen LogP contribution in [0, 0.1) is 6.92 Å². The number of aryl methyl sites for hydroxylation is 3. The lowest BCUT2D eigenvalue weighted by Gasteiger charge is -2.24. The molecule has 0 N–H and O–H groups in total. The van der Waals surface area contributed by atoms with Gasteiger partial charge >= 0.3 is 0 Å². The molecule has 0 aromatic carbocycles. The zero-order valence-corrected chi connectivity index (χ0v) is 15.0. The molecule has 1 amide bonds. The number of nitrogens with zero attached hydrogens (tertiary/aromatic N) is 5. The molecule has 1 atom stereocenters. The quantitative estimate of drug-likeness (QED) is 0.824. The maximum Gasteiger partial charge on any atom is 0.252 e. The molecule has 8 heteroatoms. The molecule has 0 spiro atoms. The molecular weight excluding hydrogens is 330 g/mol. The average Bonchev–Trinajstić information content (AvgIpc) is 3.22. The molecule has 2 aromatic rings. The van der Waals surface area contributed by atoms with Crippen LogP contribution in [-0.2, 0) is 36.7 Å². The molecule has 1 aliphatic rings. The summed E-state index contributed by atoms with van der Waals surface area (Å²) in [7, 11) is 3.70. The van der Waals surface area contributed by atoms with Gasteiger partial charge in [0.2, 0.25) is 0 Å². The van der Waals surface area contributed by atoms with Crippen LogP contribution in [0.15, 0.2) is 12.3 Å². The maximum atomic E-state index is 12.9. The van der Waals surface area contributed by atoms with E-state index in [0.29, 0.717) is 30.4 Å². The number of ether oxygens (including phenoxy) is 1. The Balaban J connectivity index is 1.82. The van der Waals surface area contributed by atoms with Crippen molar-refractivity contribution in [1.82, 2.24) is 24.5 Å². The first-order valence-corrected chi connectivity index (χ1v) is 8.40. The van der Waals surface area contributed by atoms with Gasteiger partial charge < -0.3 is 9.64 Å². The van der Waals surface area contributed by atoms with Crippen molar-refractivity contribution >= 4 is 17.5 Å². The second-order valence-corrected chi connectivity index (χ2v) is 6.60. The van der Waals surface area contributed by atoms with E-state index in [1.807, 2.05) is 27.1 Å². The molecule has 3 rings (SSSR count). The van der Waals surface area contributed by atoms with E-state index in [9.17, 15) is 4.79 Å². The van der Waals surface area contributed by atoms with Crippen LogP contribution in [0.25, 0.3) is 0 Å². The zero-order chi connectivity index (χ0) is 17.3. The minimum Gasteiger partial charge on any atom is -0.368 e. The second kappa shape index (κ2) is 6.94. The van der Waals surface area contributed by atoms with E-state index in [-0.39, 0.29) is 12.0 Å². The van der Waals surface area contributed by atoms with Crippen molar-refractivity contribution in [2.45, 2.75) is 39.0 Å². The molecule has 0 saturated carbocycles. The molecule has 0 bridgehead atoms. The Morgan fingerprint density at radius 3 is 2.75 bits per heavy atom. The fraction of sp³-hybridized carbons (Fsp3) is 0.562. The van der Waals surface area contributed by atoms with E-state index in [0.717, 1.165) is 24.2 Å². The Hall–Kier alpha value is -1.86. The highest BCUT2D eigenvalue weighted by molar-refractivity contribution is 6.31. The number of amides is 1. The molecule has 7 nitrogen and oxygen atoms in total. The molecule has 24 heavy (non-hydrogen) atoms. The minimum absolute atomic E-state index is 0.0301. The molecule has 1 aliphatic heterocycles. The van der Waals surface area contributed by atoms with Crippen molar-refractivity contribution in [2.75, 3.05) is 6.61 Å². The van der Waals surface area contributed by atoms with Crippen LogP contribution in [0.3, 0.4) is 0 Å². The van der Waals surface area contributed by atoms with E-state index < -0.39 is 0 Å². The normalized spacial score (nSPS) is 17.4. The maximum absolute atomic E-state index is 12.9. The lowest BCUT2D eigenvalue weighted by molar-refractivity contribution is -0.142. The summed E-state index contributed by atoms with van der Waals surface area (Å²) >= 11 is 6.21. The third-order valence-electron chi connectivity index (χ3n) is 4.23. The predicted octanol–water partition coefficient (Wildman–Crippen LogP) is 1.82. The van der Waals surface area contributed by atoms with E-state index >= 15 is 0 Å². The van der Waals surface area contributed by atoms with Crippen LogP contribution in [0.4, 0.5) is 0 Å². The summed E-state index contributed by atoms with van der Waals surface area (Å²) in [6.07, 6.45) is 3.03. The van der Waals surface area contributed by atoms with Crippen molar-refractivity contribution in [3.05, 3.63) is 34.4 Å². The lowest BCUT2D eigenvalue weighted by atomic mass is 10.2. The molecule has 0 radical (unpaired) electrons. The van der Waals surface area contributed by atoms with Crippen LogP contribution >= 0.6 is 11.6 Å². The fourth-order valence-electron chi connectivity index (χ4n) is 2.89. The molecule has 0 aliphatic carbocycles. The summed E-state index contributed by atoms with van der Waals surface area (Å²) in [6, 6.07) is 1.98. The first-order valence-electron chi connectivity index (χ1n) is 8.02. The molecule has 2 aromatic heterocycles. The van der Waals surface area contributed by atoms with E-state index in [1.54, 1.807) is 20.5 Å². The monoisotopic (exact) mass is 351 g/mol. The van der Waals surface area contributed by atoms with Gasteiger partial charge in [-0.2, -0.15) is 10.2 Å². The number of carbonyl (C=O) groups excluding carboxylic acids is 1. The summed E-state index contributed by atoms with van der Waals surface area (Å²) in [5, 5.41) is 9.35. The van der Waals surface area contributed by atoms with Gasteiger partial charge in [-0.05, 0) is 25.8 Å². The summed E-state index contributed by atoms with van der Waals surface area (Å²) in [5.74, 6) is -0.0301. The van der Waals surface area contributed by atoms with Crippen molar-refractivity contribution in [2.24, 2.45) is 14.1 Å². The van der Waals surface area contributed by atoms with Gasteiger partial charge in [0.15, 0.2) is 0 Å². The number of rotatable bonds is 5. The third-order valence-corrected chi connectivity index (χ3v) is 4.54. The topological polar surface area (TPSA) is 65.2 Å². The zero-order valence-electron chi connectivity index (χ0n) is 14.2. The molecule has 3 heterocycles. The van der Waals surface area contributed by atoms with Crippen LogP contribution in [0.5, 0.6) is 0 Å². The lowest BCUT2D eigenvalue weighted by Crippen LogP contribution is -2.38. The summed E-state index contributed by atoms with van der Waals surface area (Å²) < 4.78 is 9.01. The van der Waals surface area contributed by atoms with Gasteiger partial charge in [-0.3, -0.25) is 14.2 Å². The van der Waals surface area contributed by atoms with Gasteiger partial charge in [0.25, 0.3) is 5.91 Å². The summed E-state index contributed by atoms with van der Waals surface area (Å²) in [6.45, 7) is 3.37. The minimum atomic E-state index is -0.378. The van der Waals surface area contributed by atoms with Crippen LogP contribution < -0.4 is 0 Å². The Morgan fingerprint density at radius 1 is 1.42 bits per heavy atom. The molecule has 1 saturated heterocycles. The standard InChI is InChI=1S/C16H22ClN5O2/c1-11-7-12(18-21(11)3)8-22(16(23)15-5-4-6-24-15)10-14-13(17)9-20(2)19-14/h7,9,15H,4-6,8,10H2,1-3H3. The van der Waals surface area contributed by atoms with Gasteiger partial charge in [-0.1, -0.05) is 11.6 Å². The van der Waals surface area contributed by atoms with Gasteiger partial charge in [0, 0.05) is 32.6 Å². The van der Waals surface area contributed by atoms with Crippen LogP contribution in [0.1, 0.15) is 29.9 Å². The first-order chi connectivity index (χ1) is 11.4. The number of hydrogen-bond acceptors (Lipinski definition) is 4. The predicted molar refractivity (Wildman–Crippen MR) is 89.4 cm³/mol. The molecule has 1 fully saturated rings. The molecule has 130 valence electrons. The van der Waals surface area contributed by atoms with Crippen molar-refractivity contribution in [1.29, 1.82) is 0 Å². The summed E-state index contributed by atoms with van der Waals surface area (Å²) in [5.41, 5.74) is 2.57. The van der Waals surface area contributed by atoms with Crippen molar-refractivity contribution < 1.29 is 9.53 Å². The van der Waals surface area contributed by atoms with Gasteiger partial charge in [0.1, 0.15) is 11.8 Å². The average molecular weight is 352 g/mol. The number of aromatic nitrogens is 4.